The molecular weight excluding hydrogens is 511 g/mol. The van der Waals surface area contributed by atoms with E-state index in [0.717, 1.165) is 4.90 Å². The fourth-order valence-electron chi connectivity index (χ4n) is 5.09. The molecule has 36 heavy (non-hydrogen) atoms. The van der Waals surface area contributed by atoms with Gasteiger partial charge in [0, 0.05) is 27.7 Å². The second-order valence-electron chi connectivity index (χ2n) is 9.97. The molecule has 1 heterocycles. The van der Waals surface area contributed by atoms with Crippen LogP contribution < -0.4 is 5.32 Å². The summed E-state index contributed by atoms with van der Waals surface area (Å²) in [7, 11) is 0. The Labute approximate surface area is 215 Å². The number of nitrogens with zero attached hydrogens (tertiary/aromatic N) is 2. The number of carboxylic acids is 2. The number of ether oxygens (including phenoxy) is 1. The van der Waals surface area contributed by atoms with Gasteiger partial charge in [0.15, 0.2) is 5.16 Å². The number of carbonyl (C=O) groups excluding carboxylic acids is 1. The number of halogens is 1. The first-order valence-electron chi connectivity index (χ1n) is 11.2. The lowest BCUT2D eigenvalue weighted by Gasteiger charge is -2.38. The highest BCUT2D eigenvalue weighted by molar-refractivity contribution is 8.00. The van der Waals surface area contributed by atoms with E-state index in [1.807, 2.05) is 0 Å². The molecule has 0 bridgehead atoms. The first-order valence-corrected chi connectivity index (χ1v) is 13.1. The molecule has 1 aromatic heterocycles. The van der Waals surface area contributed by atoms with Gasteiger partial charge in [-0.15, -0.1) is 11.8 Å². The van der Waals surface area contributed by atoms with E-state index in [0.29, 0.717) is 10.7 Å². The normalized spacial score (nSPS) is 28.9. The monoisotopic (exact) mass is 538 g/mol. The highest BCUT2D eigenvalue weighted by Gasteiger charge is 2.79. The number of aryl methyl sites for hydroxylation is 1. The molecule has 4 rings (SSSR count). The third kappa shape index (κ3) is 4.90. The molecule has 2 aromatic rings. The summed E-state index contributed by atoms with van der Waals surface area (Å²) in [5.74, 6) is -5.61. The van der Waals surface area contributed by atoms with Gasteiger partial charge in [-0.05, 0) is 57.4 Å². The summed E-state index contributed by atoms with van der Waals surface area (Å²) in [6, 6.07) is 4.61. The van der Waals surface area contributed by atoms with Crippen molar-refractivity contribution in [1.82, 2.24) is 20.5 Å². The SMILES string of the molecule is Cc1cc(SC[C@@H]2[C@@H](Sc3ncn[nH]3)[C@H]3[C@H](C(=O)O)[C@H]3[C@]2(NC(=O)OC(C)(C)C)C(=O)O)ccc1F. The van der Waals surface area contributed by atoms with Gasteiger partial charge in [-0.25, -0.2) is 19.0 Å². The number of fused-ring (bicyclic) bond motifs is 1. The van der Waals surface area contributed by atoms with Crippen LogP contribution in [0.1, 0.15) is 26.3 Å². The van der Waals surface area contributed by atoms with Crippen LogP contribution in [0.4, 0.5) is 9.18 Å². The van der Waals surface area contributed by atoms with Crippen molar-refractivity contribution in [2.75, 3.05) is 5.75 Å². The summed E-state index contributed by atoms with van der Waals surface area (Å²) in [5.41, 5.74) is -2.33. The number of carboxylic acid groups (broad SMARTS) is 2. The van der Waals surface area contributed by atoms with Gasteiger partial charge in [-0.3, -0.25) is 9.89 Å². The van der Waals surface area contributed by atoms with Crippen LogP contribution in [0, 0.1) is 36.4 Å². The van der Waals surface area contributed by atoms with E-state index in [1.54, 1.807) is 39.8 Å². The van der Waals surface area contributed by atoms with Gasteiger partial charge in [0.2, 0.25) is 0 Å². The van der Waals surface area contributed by atoms with Crippen LogP contribution in [0.3, 0.4) is 0 Å². The van der Waals surface area contributed by atoms with Crippen molar-refractivity contribution in [3.63, 3.8) is 0 Å². The molecule has 6 atom stereocenters. The minimum Gasteiger partial charge on any atom is -0.481 e. The Kier molecular flexibility index (Phi) is 6.99. The van der Waals surface area contributed by atoms with Gasteiger partial charge in [-0.1, -0.05) is 11.8 Å². The van der Waals surface area contributed by atoms with E-state index < -0.39 is 58.1 Å². The quantitative estimate of drug-likeness (QED) is 0.367. The van der Waals surface area contributed by atoms with Crippen LogP contribution in [-0.4, -0.2) is 65.6 Å². The van der Waals surface area contributed by atoms with Crippen molar-refractivity contribution in [1.29, 1.82) is 0 Å². The molecule has 2 aliphatic rings. The number of benzene rings is 1. The Morgan fingerprint density at radius 3 is 2.56 bits per heavy atom. The van der Waals surface area contributed by atoms with Gasteiger partial charge in [-0.2, -0.15) is 5.10 Å². The number of aromatic amines is 1. The summed E-state index contributed by atoms with van der Waals surface area (Å²) in [4.78, 5) is 42.7. The molecular formula is C23H27FN4O6S2. The predicted molar refractivity (Wildman–Crippen MR) is 129 cm³/mol. The van der Waals surface area contributed by atoms with E-state index in [4.69, 9.17) is 4.74 Å². The zero-order chi connectivity index (χ0) is 26.4. The maximum Gasteiger partial charge on any atom is 0.408 e. The lowest BCUT2D eigenvalue weighted by molar-refractivity contribution is -0.148. The number of hydrogen-bond donors (Lipinski definition) is 4. The van der Waals surface area contributed by atoms with E-state index in [1.165, 1.54) is 35.9 Å². The van der Waals surface area contributed by atoms with Crippen molar-refractivity contribution in [2.24, 2.45) is 23.7 Å². The van der Waals surface area contributed by atoms with Gasteiger partial charge in [0.25, 0.3) is 0 Å². The highest BCUT2D eigenvalue weighted by Crippen LogP contribution is 2.68. The molecule has 1 amide bonds. The van der Waals surface area contributed by atoms with Gasteiger partial charge >= 0.3 is 18.0 Å². The Morgan fingerprint density at radius 1 is 1.28 bits per heavy atom. The number of thioether (sulfide) groups is 2. The molecule has 13 heteroatoms. The van der Waals surface area contributed by atoms with Gasteiger partial charge < -0.3 is 20.3 Å². The average Bonchev–Trinajstić information content (AvgIpc) is 3.19. The molecule has 194 valence electrons. The Morgan fingerprint density at radius 2 is 2.00 bits per heavy atom. The Balaban J connectivity index is 1.73. The van der Waals surface area contributed by atoms with Crippen LogP contribution in [-0.2, 0) is 14.3 Å². The summed E-state index contributed by atoms with van der Waals surface area (Å²) in [5, 5.41) is 29.5. The van der Waals surface area contributed by atoms with Crippen molar-refractivity contribution in [3.8, 4) is 0 Å². The smallest absolute Gasteiger partial charge is 0.408 e. The van der Waals surface area contributed by atoms with Crippen molar-refractivity contribution in [2.45, 2.75) is 54.1 Å². The zero-order valence-electron chi connectivity index (χ0n) is 20.0. The van der Waals surface area contributed by atoms with Crippen molar-refractivity contribution in [3.05, 3.63) is 35.9 Å². The number of carbonyl (C=O) groups is 3. The minimum absolute atomic E-state index is 0.221. The van der Waals surface area contributed by atoms with Gasteiger partial charge in [0.05, 0.1) is 5.92 Å². The zero-order valence-corrected chi connectivity index (χ0v) is 21.7. The van der Waals surface area contributed by atoms with Crippen molar-refractivity contribution < 1.29 is 33.7 Å². The molecule has 0 radical (unpaired) electrons. The molecule has 2 saturated carbocycles. The maximum atomic E-state index is 13.8. The van der Waals surface area contributed by atoms with Crippen LogP contribution in [0.25, 0.3) is 0 Å². The number of amides is 1. The molecule has 2 aliphatic carbocycles. The van der Waals surface area contributed by atoms with Gasteiger partial charge in [0.1, 0.15) is 23.3 Å². The van der Waals surface area contributed by atoms with Crippen LogP contribution in [0.15, 0.2) is 34.6 Å². The number of aromatic nitrogens is 3. The first-order chi connectivity index (χ1) is 16.8. The number of H-pyrrole nitrogens is 1. The Bertz CT molecular complexity index is 1170. The molecule has 1 aromatic carbocycles. The summed E-state index contributed by atoms with van der Waals surface area (Å²) in [6.45, 7) is 6.60. The average molecular weight is 539 g/mol. The third-order valence-corrected chi connectivity index (χ3v) is 8.96. The van der Waals surface area contributed by atoms with Crippen LogP contribution in [0.5, 0.6) is 0 Å². The number of aliphatic carboxylic acids is 2. The molecule has 0 aliphatic heterocycles. The number of rotatable bonds is 8. The summed E-state index contributed by atoms with van der Waals surface area (Å²) >= 11 is 2.54. The van der Waals surface area contributed by atoms with E-state index in [2.05, 4.69) is 20.5 Å². The topological polar surface area (TPSA) is 154 Å². The second kappa shape index (κ2) is 9.58. The molecule has 10 nitrogen and oxygen atoms in total. The number of hydrogen-bond acceptors (Lipinski definition) is 8. The third-order valence-electron chi connectivity index (χ3n) is 6.51. The Hall–Kier alpha value is -2.80. The molecule has 0 saturated heterocycles. The standard InChI is InChI=1S/C23H27FN4O6S2/c1-10-7-11(5-6-13(10)24)35-8-12-17(36-20-25-9-26-28-20)14-15(18(29)30)16(14)23(12,19(31)32)27-21(33)34-22(2,3)4/h5-7,9,12,14-17H,8H2,1-4H3,(H,27,33)(H,29,30)(H,31,32)(H,25,26,28)/t12-,14+,15+,16+,17-,23+/m1/s1. The highest BCUT2D eigenvalue weighted by atomic mass is 32.2. The predicted octanol–water partition coefficient (Wildman–Crippen LogP) is 3.43. The number of alkyl carbamates (subject to hydrolysis) is 1. The van der Waals surface area contributed by atoms with Crippen LogP contribution in [0.2, 0.25) is 0 Å². The van der Waals surface area contributed by atoms with Crippen molar-refractivity contribution >= 4 is 41.6 Å². The van der Waals surface area contributed by atoms with E-state index >= 15 is 0 Å². The fourth-order valence-corrected chi connectivity index (χ4v) is 7.92. The summed E-state index contributed by atoms with van der Waals surface area (Å²) < 4.78 is 19.1. The largest absolute Gasteiger partial charge is 0.481 e. The lowest BCUT2D eigenvalue weighted by atomic mass is 9.81. The lowest BCUT2D eigenvalue weighted by Crippen LogP contribution is -2.62. The maximum absolute atomic E-state index is 13.8. The van der Waals surface area contributed by atoms with Crippen LogP contribution >= 0.6 is 23.5 Å². The number of nitrogens with one attached hydrogen (secondary N) is 2. The first kappa shape index (κ1) is 26.3. The molecule has 4 N–H and O–H groups in total. The van der Waals surface area contributed by atoms with E-state index in [9.17, 15) is 29.0 Å². The summed E-state index contributed by atoms with van der Waals surface area (Å²) in [6.07, 6.45) is 0.378. The molecule has 2 fully saturated rings. The second-order valence-corrected chi connectivity index (χ2v) is 12.2. The fraction of sp³-hybridized carbons (Fsp3) is 0.522. The minimum atomic E-state index is -1.89. The van der Waals surface area contributed by atoms with E-state index in [-0.39, 0.29) is 11.6 Å². The molecule has 0 spiro atoms. The molecule has 0 unspecified atom stereocenters.